The summed E-state index contributed by atoms with van der Waals surface area (Å²) in [5, 5.41) is 8.16. The Kier molecular flexibility index (Phi) is 17.8. The van der Waals surface area contributed by atoms with Gasteiger partial charge < -0.3 is 30.3 Å². The van der Waals surface area contributed by atoms with Crippen LogP contribution < -0.4 is 16.0 Å². The van der Waals surface area contributed by atoms with Crippen LogP contribution in [0.2, 0.25) is 0 Å². The Balaban J connectivity index is 2.44. The summed E-state index contributed by atoms with van der Waals surface area (Å²) in [4.78, 5) is 110. The molecule has 2 rings (SSSR count). The van der Waals surface area contributed by atoms with E-state index in [0.717, 1.165) is 22.6 Å². The summed E-state index contributed by atoms with van der Waals surface area (Å²) in [5.41, 5.74) is -2.59. The van der Waals surface area contributed by atoms with E-state index in [1.807, 2.05) is 78.8 Å². The number of carbonyl (C=O) groups is 8. The van der Waals surface area contributed by atoms with Crippen LogP contribution in [0, 0.1) is 11.3 Å². The molecule has 16 heteroatoms. The Morgan fingerprint density at radius 3 is 1.77 bits per heavy atom. The third kappa shape index (κ3) is 15.1. The Morgan fingerprint density at radius 1 is 0.758 bits per heavy atom. The van der Waals surface area contributed by atoms with Crippen molar-refractivity contribution in [2.24, 2.45) is 11.3 Å². The van der Waals surface area contributed by atoms with Gasteiger partial charge in [0, 0.05) is 50.3 Å². The highest BCUT2D eigenvalue weighted by Gasteiger charge is 2.46. The van der Waals surface area contributed by atoms with Crippen LogP contribution in [0.3, 0.4) is 0 Å². The van der Waals surface area contributed by atoms with E-state index in [0.29, 0.717) is 0 Å². The van der Waals surface area contributed by atoms with Crippen LogP contribution in [0.25, 0.3) is 0 Å². The molecule has 1 aromatic rings. The molecule has 0 saturated heterocycles. The number of hydrogen-bond donors (Lipinski definition) is 3. The molecule has 3 N–H and O–H groups in total. The summed E-state index contributed by atoms with van der Waals surface area (Å²) in [6, 6.07) is 4.96. The number of hydrogen-bond acceptors (Lipinski definition) is 10. The summed E-state index contributed by atoms with van der Waals surface area (Å²) in [7, 11) is 3.07. The standard InChI is InChI=1S/C46H70N6O10/c1-28(2)32(26-29(3)38(56)48-31(27-35(55)61-44(7,8)9)39(57)47-24-25-52-33(53)22-23-34(52)54)50(15)41(59)36(43(4,5)6)49-40(58)37(51(16)42(60)62-45(10,11)12)46(13,14)30-20-18-17-19-21-30/h17-23,26,28,31-32,36-37H,24-25,27H2,1-16H3,(H,47,57)(H,48,56)(H,49,58)/b29-26+/t31-,32+,36+,37+/m0/s1. The van der Waals surface area contributed by atoms with Gasteiger partial charge in [0.05, 0.1) is 12.5 Å². The Bertz CT molecular complexity index is 1870. The highest BCUT2D eigenvalue weighted by Crippen LogP contribution is 2.32. The summed E-state index contributed by atoms with van der Waals surface area (Å²) in [6.07, 6.45) is 2.59. The molecular weight excluding hydrogens is 797 g/mol. The molecule has 0 fully saturated rings. The number of carbonyl (C=O) groups excluding carboxylic acids is 8. The Hall–Kier alpha value is -5.54. The number of nitrogens with zero attached hydrogens (tertiary/aromatic N) is 3. The lowest BCUT2D eigenvalue weighted by atomic mass is 9.76. The normalized spacial score (nSPS) is 15.6. The second kappa shape index (κ2) is 21.0. The average Bonchev–Trinajstić information content (AvgIpc) is 3.45. The molecule has 0 aliphatic carbocycles. The van der Waals surface area contributed by atoms with Gasteiger partial charge in [0.25, 0.3) is 11.8 Å². The Labute approximate surface area is 367 Å². The van der Waals surface area contributed by atoms with Crippen molar-refractivity contribution in [3.05, 3.63) is 59.7 Å². The van der Waals surface area contributed by atoms with E-state index in [4.69, 9.17) is 9.47 Å². The largest absolute Gasteiger partial charge is 0.460 e. The lowest BCUT2D eigenvalue weighted by Gasteiger charge is -2.42. The Morgan fingerprint density at radius 2 is 1.29 bits per heavy atom. The highest BCUT2D eigenvalue weighted by atomic mass is 16.6. The molecule has 0 aromatic heterocycles. The molecule has 1 aliphatic rings. The van der Waals surface area contributed by atoms with Gasteiger partial charge >= 0.3 is 12.1 Å². The van der Waals surface area contributed by atoms with E-state index >= 15 is 0 Å². The van der Waals surface area contributed by atoms with Gasteiger partial charge in [0.1, 0.15) is 29.3 Å². The van der Waals surface area contributed by atoms with Gasteiger partial charge in [-0.15, -0.1) is 0 Å². The quantitative estimate of drug-likeness (QED) is 0.114. The molecule has 0 bridgehead atoms. The molecule has 0 saturated carbocycles. The van der Waals surface area contributed by atoms with Crippen molar-refractivity contribution in [1.29, 1.82) is 0 Å². The SMILES string of the molecule is C/C(=C\[C@H](C(C)C)N(C)C(=O)[C@@H](NC(=O)[C@@H](N(C)C(=O)OC(C)(C)C)C(C)(C)c1ccccc1)C(C)(C)C)C(=O)N[C@@H](CC(=O)OC(C)(C)C)C(=O)NCCN1C(=O)C=CC1=O. The maximum absolute atomic E-state index is 14.6. The van der Waals surface area contributed by atoms with E-state index in [2.05, 4.69) is 16.0 Å². The number of benzene rings is 1. The van der Waals surface area contributed by atoms with Crippen molar-refractivity contribution in [1.82, 2.24) is 30.7 Å². The van der Waals surface area contributed by atoms with Crippen molar-refractivity contribution < 1.29 is 47.8 Å². The van der Waals surface area contributed by atoms with E-state index in [-0.39, 0.29) is 24.6 Å². The maximum atomic E-state index is 14.6. The number of rotatable bonds is 17. The summed E-state index contributed by atoms with van der Waals surface area (Å²) in [6.45, 7) is 24.3. The average molecular weight is 867 g/mol. The number of likely N-dealkylation sites (N-methyl/N-ethyl adjacent to an activating group) is 2. The minimum absolute atomic E-state index is 0.124. The van der Waals surface area contributed by atoms with Gasteiger partial charge in [-0.2, -0.15) is 0 Å². The van der Waals surface area contributed by atoms with Gasteiger partial charge in [0.15, 0.2) is 0 Å². The number of nitrogens with one attached hydrogen (secondary N) is 3. The van der Waals surface area contributed by atoms with Crippen molar-refractivity contribution in [3.63, 3.8) is 0 Å². The topological polar surface area (TPSA) is 201 Å². The lowest BCUT2D eigenvalue weighted by molar-refractivity contribution is -0.156. The highest BCUT2D eigenvalue weighted by molar-refractivity contribution is 6.12. The number of imide groups is 1. The molecule has 1 heterocycles. The predicted molar refractivity (Wildman–Crippen MR) is 235 cm³/mol. The van der Waals surface area contributed by atoms with Crippen LogP contribution in [-0.2, 0) is 48.5 Å². The molecule has 16 nitrogen and oxygen atoms in total. The van der Waals surface area contributed by atoms with Crippen LogP contribution >= 0.6 is 0 Å². The van der Waals surface area contributed by atoms with Gasteiger partial charge in [0.2, 0.25) is 23.6 Å². The third-order valence-corrected chi connectivity index (χ3v) is 10.1. The first-order valence-electron chi connectivity index (χ1n) is 20.9. The number of amides is 7. The van der Waals surface area contributed by atoms with Gasteiger partial charge in [-0.25, -0.2) is 4.79 Å². The van der Waals surface area contributed by atoms with Crippen molar-refractivity contribution >= 4 is 47.5 Å². The van der Waals surface area contributed by atoms with Gasteiger partial charge in [-0.3, -0.25) is 43.4 Å². The monoisotopic (exact) mass is 867 g/mol. The predicted octanol–water partition coefficient (Wildman–Crippen LogP) is 4.42. The first-order chi connectivity index (χ1) is 28.3. The molecule has 1 aliphatic heterocycles. The van der Waals surface area contributed by atoms with Crippen molar-refractivity contribution in [3.8, 4) is 0 Å². The number of ether oxygens (including phenoxy) is 2. The second-order valence-corrected chi connectivity index (χ2v) is 19.7. The minimum Gasteiger partial charge on any atom is -0.460 e. The lowest BCUT2D eigenvalue weighted by Crippen LogP contribution is -2.63. The first kappa shape index (κ1) is 52.6. The first-order valence-corrected chi connectivity index (χ1v) is 20.9. The van der Waals surface area contributed by atoms with Gasteiger partial charge in [-0.1, -0.05) is 84.9 Å². The van der Waals surface area contributed by atoms with Crippen LogP contribution in [0.4, 0.5) is 4.79 Å². The van der Waals surface area contributed by atoms with E-state index in [9.17, 15) is 38.4 Å². The smallest absolute Gasteiger partial charge is 0.410 e. The molecule has 0 radical (unpaired) electrons. The molecule has 344 valence electrons. The van der Waals surface area contributed by atoms with Crippen LogP contribution in [0.5, 0.6) is 0 Å². The van der Waals surface area contributed by atoms with Crippen LogP contribution in [0.15, 0.2) is 54.1 Å². The van der Waals surface area contributed by atoms with Crippen molar-refractivity contribution in [2.75, 3.05) is 27.2 Å². The molecular formula is C46H70N6O10. The zero-order valence-corrected chi connectivity index (χ0v) is 39.6. The van der Waals surface area contributed by atoms with Gasteiger partial charge in [-0.05, 0) is 65.4 Å². The molecule has 4 atom stereocenters. The summed E-state index contributed by atoms with van der Waals surface area (Å²) in [5.74, 6) is -4.53. The zero-order chi connectivity index (χ0) is 47.7. The summed E-state index contributed by atoms with van der Waals surface area (Å²) < 4.78 is 11.1. The second-order valence-electron chi connectivity index (χ2n) is 19.7. The molecule has 1 aromatic carbocycles. The van der Waals surface area contributed by atoms with Crippen LogP contribution in [-0.4, -0.2) is 125 Å². The van der Waals surface area contributed by atoms with E-state index in [1.165, 1.54) is 23.8 Å². The summed E-state index contributed by atoms with van der Waals surface area (Å²) >= 11 is 0. The molecule has 62 heavy (non-hydrogen) atoms. The third-order valence-electron chi connectivity index (χ3n) is 10.1. The van der Waals surface area contributed by atoms with E-state index in [1.54, 1.807) is 54.7 Å². The van der Waals surface area contributed by atoms with Crippen molar-refractivity contribution in [2.45, 2.75) is 144 Å². The minimum atomic E-state index is -1.40. The molecule has 7 amide bonds. The fourth-order valence-corrected chi connectivity index (χ4v) is 6.85. The number of esters is 1. The fourth-order valence-electron chi connectivity index (χ4n) is 6.85. The molecule has 0 spiro atoms. The molecule has 0 unspecified atom stereocenters. The zero-order valence-electron chi connectivity index (χ0n) is 39.6. The van der Waals surface area contributed by atoms with Crippen LogP contribution in [0.1, 0.15) is 109 Å². The van der Waals surface area contributed by atoms with E-state index < -0.39 is 100 Å². The fraction of sp³-hybridized carbons (Fsp3) is 0.609. The maximum Gasteiger partial charge on any atom is 0.410 e.